The SMILES string of the molecule is COC(CN(C)Cc1cccc(C#N)c1)OC. The molecule has 0 heterocycles. The Kier molecular flexibility index (Phi) is 5.64. The normalized spacial score (nSPS) is 10.8. The lowest BCUT2D eigenvalue weighted by Gasteiger charge is -2.21. The zero-order chi connectivity index (χ0) is 12.7. The molecule has 0 fully saturated rings. The zero-order valence-electron chi connectivity index (χ0n) is 10.5. The van der Waals surface area contributed by atoms with Crippen molar-refractivity contribution >= 4 is 0 Å². The average molecular weight is 234 g/mol. The number of hydrogen-bond donors (Lipinski definition) is 0. The third-order valence-electron chi connectivity index (χ3n) is 2.50. The monoisotopic (exact) mass is 234 g/mol. The summed E-state index contributed by atoms with van der Waals surface area (Å²) in [5.41, 5.74) is 1.79. The maximum atomic E-state index is 8.81. The molecule has 0 unspecified atom stereocenters. The van der Waals surface area contributed by atoms with Crippen LogP contribution < -0.4 is 0 Å². The van der Waals surface area contributed by atoms with Gasteiger partial charge in [0.25, 0.3) is 0 Å². The number of methoxy groups -OCH3 is 2. The van der Waals surface area contributed by atoms with E-state index in [4.69, 9.17) is 14.7 Å². The topological polar surface area (TPSA) is 45.5 Å². The highest BCUT2D eigenvalue weighted by atomic mass is 16.7. The van der Waals surface area contributed by atoms with Crippen LogP contribution in [0.2, 0.25) is 0 Å². The minimum atomic E-state index is -0.223. The Morgan fingerprint density at radius 2 is 2.06 bits per heavy atom. The lowest BCUT2D eigenvalue weighted by Crippen LogP contribution is -2.31. The van der Waals surface area contributed by atoms with E-state index in [2.05, 4.69) is 11.0 Å². The van der Waals surface area contributed by atoms with Gasteiger partial charge < -0.3 is 9.47 Å². The fourth-order valence-electron chi connectivity index (χ4n) is 1.62. The van der Waals surface area contributed by atoms with Crippen LogP contribution in [0.1, 0.15) is 11.1 Å². The summed E-state index contributed by atoms with van der Waals surface area (Å²) >= 11 is 0. The molecule has 17 heavy (non-hydrogen) atoms. The molecule has 1 aromatic carbocycles. The first-order valence-electron chi connectivity index (χ1n) is 5.42. The number of rotatable bonds is 6. The van der Waals surface area contributed by atoms with Crippen LogP contribution in [0.15, 0.2) is 24.3 Å². The van der Waals surface area contributed by atoms with Crippen molar-refractivity contribution in [2.75, 3.05) is 27.8 Å². The molecule has 1 rings (SSSR count). The molecule has 0 atom stereocenters. The van der Waals surface area contributed by atoms with Gasteiger partial charge >= 0.3 is 0 Å². The van der Waals surface area contributed by atoms with Crippen LogP contribution in [0, 0.1) is 11.3 Å². The van der Waals surface area contributed by atoms with Crippen molar-refractivity contribution in [3.63, 3.8) is 0 Å². The van der Waals surface area contributed by atoms with Crippen LogP contribution in [0.5, 0.6) is 0 Å². The molecule has 0 aliphatic carbocycles. The van der Waals surface area contributed by atoms with E-state index >= 15 is 0 Å². The van der Waals surface area contributed by atoms with Gasteiger partial charge in [-0.15, -0.1) is 0 Å². The van der Waals surface area contributed by atoms with Crippen LogP contribution in [0.4, 0.5) is 0 Å². The average Bonchev–Trinajstić information content (AvgIpc) is 2.36. The van der Waals surface area contributed by atoms with Crippen LogP contribution in [0.3, 0.4) is 0 Å². The molecular weight excluding hydrogens is 216 g/mol. The Bertz CT molecular complexity index is 383. The van der Waals surface area contributed by atoms with Crippen LogP contribution in [0.25, 0.3) is 0 Å². The van der Waals surface area contributed by atoms with Crippen LogP contribution >= 0.6 is 0 Å². The molecule has 0 radical (unpaired) electrons. The summed E-state index contributed by atoms with van der Waals surface area (Å²) in [6.07, 6.45) is -0.223. The summed E-state index contributed by atoms with van der Waals surface area (Å²) in [4.78, 5) is 2.09. The minimum absolute atomic E-state index is 0.223. The molecule has 0 saturated heterocycles. The van der Waals surface area contributed by atoms with Gasteiger partial charge in [0.05, 0.1) is 11.6 Å². The van der Waals surface area contributed by atoms with Gasteiger partial charge in [-0.2, -0.15) is 5.26 Å². The smallest absolute Gasteiger partial charge is 0.169 e. The van der Waals surface area contributed by atoms with Crippen molar-refractivity contribution in [2.24, 2.45) is 0 Å². The van der Waals surface area contributed by atoms with E-state index in [0.29, 0.717) is 12.1 Å². The highest BCUT2D eigenvalue weighted by Gasteiger charge is 2.09. The Labute approximate surface area is 102 Å². The second kappa shape index (κ2) is 7.02. The number of hydrogen-bond acceptors (Lipinski definition) is 4. The quantitative estimate of drug-likeness (QED) is 0.701. The molecule has 0 N–H and O–H groups in total. The molecule has 0 saturated carbocycles. The summed E-state index contributed by atoms with van der Waals surface area (Å²) < 4.78 is 10.3. The van der Waals surface area contributed by atoms with E-state index < -0.39 is 0 Å². The molecule has 0 aromatic heterocycles. The molecule has 0 amide bonds. The highest BCUT2D eigenvalue weighted by Crippen LogP contribution is 2.07. The van der Waals surface area contributed by atoms with E-state index in [1.54, 1.807) is 20.3 Å². The van der Waals surface area contributed by atoms with E-state index in [0.717, 1.165) is 12.1 Å². The molecule has 0 aliphatic heterocycles. The van der Waals surface area contributed by atoms with Gasteiger partial charge in [0, 0.05) is 27.3 Å². The second-order valence-electron chi connectivity index (χ2n) is 3.91. The number of benzene rings is 1. The van der Waals surface area contributed by atoms with E-state index in [1.165, 1.54) is 0 Å². The molecule has 0 bridgehead atoms. The van der Waals surface area contributed by atoms with Gasteiger partial charge in [-0.3, -0.25) is 4.90 Å². The molecule has 4 heteroatoms. The van der Waals surface area contributed by atoms with Crippen molar-refractivity contribution in [1.29, 1.82) is 5.26 Å². The van der Waals surface area contributed by atoms with Crippen molar-refractivity contribution in [2.45, 2.75) is 12.8 Å². The largest absolute Gasteiger partial charge is 0.355 e. The number of ether oxygens (including phenoxy) is 2. The van der Waals surface area contributed by atoms with Crippen molar-refractivity contribution in [3.05, 3.63) is 35.4 Å². The third kappa shape index (κ3) is 4.53. The van der Waals surface area contributed by atoms with Crippen LogP contribution in [-0.2, 0) is 16.0 Å². The Morgan fingerprint density at radius 1 is 1.35 bits per heavy atom. The Balaban J connectivity index is 2.55. The molecule has 0 aliphatic rings. The van der Waals surface area contributed by atoms with E-state index in [-0.39, 0.29) is 6.29 Å². The van der Waals surface area contributed by atoms with Gasteiger partial charge in [-0.1, -0.05) is 12.1 Å². The lowest BCUT2D eigenvalue weighted by atomic mass is 10.1. The predicted octanol–water partition coefficient (Wildman–Crippen LogP) is 1.61. The highest BCUT2D eigenvalue weighted by molar-refractivity contribution is 5.32. The van der Waals surface area contributed by atoms with E-state index in [1.807, 2.05) is 25.2 Å². The zero-order valence-corrected chi connectivity index (χ0v) is 10.5. The van der Waals surface area contributed by atoms with Gasteiger partial charge in [-0.25, -0.2) is 0 Å². The number of nitriles is 1. The van der Waals surface area contributed by atoms with E-state index in [9.17, 15) is 0 Å². The first kappa shape index (κ1) is 13.7. The number of likely N-dealkylation sites (N-methyl/N-ethyl adjacent to an activating group) is 1. The number of nitrogens with zero attached hydrogens (tertiary/aromatic N) is 2. The molecule has 4 nitrogen and oxygen atoms in total. The maximum absolute atomic E-state index is 8.81. The van der Waals surface area contributed by atoms with Gasteiger partial charge in [0.15, 0.2) is 6.29 Å². The third-order valence-corrected chi connectivity index (χ3v) is 2.50. The molecular formula is C13H18N2O2. The minimum Gasteiger partial charge on any atom is -0.355 e. The summed E-state index contributed by atoms with van der Waals surface area (Å²) in [6.45, 7) is 1.45. The van der Waals surface area contributed by atoms with Gasteiger partial charge in [0.2, 0.25) is 0 Å². The fourth-order valence-corrected chi connectivity index (χ4v) is 1.62. The Morgan fingerprint density at radius 3 is 2.65 bits per heavy atom. The fraction of sp³-hybridized carbons (Fsp3) is 0.462. The Hall–Kier alpha value is -1.41. The van der Waals surface area contributed by atoms with Crippen molar-refractivity contribution < 1.29 is 9.47 Å². The molecule has 1 aromatic rings. The molecule has 0 spiro atoms. The van der Waals surface area contributed by atoms with Gasteiger partial charge in [0.1, 0.15) is 0 Å². The lowest BCUT2D eigenvalue weighted by molar-refractivity contribution is -0.114. The first-order valence-corrected chi connectivity index (χ1v) is 5.42. The standard InChI is InChI=1S/C13H18N2O2/c1-15(10-13(16-2)17-3)9-12-6-4-5-11(7-12)8-14/h4-7,13H,9-10H2,1-3H3. The molecule has 92 valence electrons. The summed E-state index contributed by atoms with van der Waals surface area (Å²) in [6, 6.07) is 9.73. The predicted molar refractivity (Wildman–Crippen MR) is 65.3 cm³/mol. The summed E-state index contributed by atoms with van der Waals surface area (Å²) in [5, 5.41) is 8.81. The summed E-state index contributed by atoms with van der Waals surface area (Å²) in [7, 11) is 5.24. The van der Waals surface area contributed by atoms with Crippen LogP contribution in [-0.4, -0.2) is 39.0 Å². The second-order valence-corrected chi connectivity index (χ2v) is 3.91. The van der Waals surface area contributed by atoms with Crippen molar-refractivity contribution in [1.82, 2.24) is 4.90 Å². The van der Waals surface area contributed by atoms with Crippen molar-refractivity contribution in [3.8, 4) is 6.07 Å². The first-order chi connectivity index (χ1) is 8.19. The van der Waals surface area contributed by atoms with Gasteiger partial charge in [-0.05, 0) is 24.7 Å². The maximum Gasteiger partial charge on any atom is 0.169 e. The summed E-state index contributed by atoms with van der Waals surface area (Å²) in [5.74, 6) is 0.